The first kappa shape index (κ1) is 14.7. The van der Waals surface area contributed by atoms with Crippen molar-refractivity contribution in [1.29, 1.82) is 0 Å². The third-order valence-electron chi connectivity index (χ3n) is 3.21. The predicted molar refractivity (Wildman–Crippen MR) is 79.2 cm³/mol. The summed E-state index contributed by atoms with van der Waals surface area (Å²) in [5, 5.41) is 0. The van der Waals surface area contributed by atoms with Gasteiger partial charge in [-0.25, -0.2) is 4.98 Å². The standard InChI is InChI=1S/C14H18ClN3O2/c1-17(2)13(19)7-8-18-10-5-4-6-11(20-3)14(10)16-12(18)9-15/h4-6H,7-9H2,1-3H3. The quantitative estimate of drug-likeness (QED) is 0.795. The fourth-order valence-electron chi connectivity index (χ4n) is 2.12. The normalized spacial score (nSPS) is 10.8. The number of benzene rings is 1. The van der Waals surface area contributed by atoms with Gasteiger partial charge in [-0.2, -0.15) is 0 Å². The largest absolute Gasteiger partial charge is 0.494 e. The van der Waals surface area contributed by atoms with E-state index in [0.29, 0.717) is 24.6 Å². The van der Waals surface area contributed by atoms with Gasteiger partial charge >= 0.3 is 0 Å². The third kappa shape index (κ3) is 2.72. The molecule has 1 amide bonds. The zero-order valence-electron chi connectivity index (χ0n) is 11.9. The number of fused-ring (bicyclic) bond motifs is 1. The summed E-state index contributed by atoms with van der Waals surface area (Å²) in [5.41, 5.74) is 1.72. The fourth-order valence-corrected chi connectivity index (χ4v) is 2.32. The highest BCUT2D eigenvalue weighted by Gasteiger charge is 2.14. The lowest BCUT2D eigenvalue weighted by atomic mass is 10.3. The molecule has 5 nitrogen and oxygen atoms in total. The molecule has 0 N–H and O–H groups in total. The fraction of sp³-hybridized carbons (Fsp3) is 0.429. The van der Waals surface area contributed by atoms with Crippen molar-refractivity contribution in [3.63, 3.8) is 0 Å². The first-order chi connectivity index (χ1) is 9.58. The lowest BCUT2D eigenvalue weighted by Gasteiger charge is -2.12. The van der Waals surface area contributed by atoms with Gasteiger partial charge in [0.1, 0.15) is 17.1 Å². The number of methoxy groups -OCH3 is 1. The smallest absolute Gasteiger partial charge is 0.223 e. The maximum absolute atomic E-state index is 11.7. The molecule has 6 heteroatoms. The number of nitrogens with zero attached hydrogens (tertiary/aromatic N) is 3. The second-order valence-corrected chi connectivity index (χ2v) is 4.95. The lowest BCUT2D eigenvalue weighted by molar-refractivity contribution is -0.128. The molecule has 108 valence electrons. The molecule has 0 radical (unpaired) electrons. The van der Waals surface area contributed by atoms with Gasteiger partial charge in [-0.3, -0.25) is 4.79 Å². The van der Waals surface area contributed by atoms with Gasteiger partial charge < -0.3 is 14.2 Å². The summed E-state index contributed by atoms with van der Waals surface area (Å²) in [5.74, 6) is 1.84. The van der Waals surface area contributed by atoms with Gasteiger partial charge in [-0.05, 0) is 12.1 Å². The molecule has 0 aliphatic rings. The number of carbonyl (C=O) groups excluding carboxylic acids is 1. The van der Waals surface area contributed by atoms with Gasteiger partial charge in [0, 0.05) is 27.1 Å². The number of imidazole rings is 1. The third-order valence-corrected chi connectivity index (χ3v) is 3.45. The van der Waals surface area contributed by atoms with E-state index >= 15 is 0 Å². The van der Waals surface area contributed by atoms with Crippen LogP contribution in [0.4, 0.5) is 0 Å². The number of aromatic nitrogens is 2. The van der Waals surface area contributed by atoms with Gasteiger partial charge in [-0.1, -0.05) is 6.07 Å². The molecule has 2 rings (SSSR count). The van der Waals surface area contributed by atoms with Gasteiger partial charge in [0.15, 0.2) is 0 Å². The molecular weight excluding hydrogens is 278 g/mol. The zero-order valence-corrected chi connectivity index (χ0v) is 12.6. The van der Waals surface area contributed by atoms with Gasteiger partial charge in [0.05, 0.1) is 18.5 Å². The summed E-state index contributed by atoms with van der Waals surface area (Å²) in [6.45, 7) is 0.558. The number of hydrogen-bond acceptors (Lipinski definition) is 3. The summed E-state index contributed by atoms with van der Waals surface area (Å²) in [7, 11) is 5.11. The van der Waals surface area contributed by atoms with Crippen molar-refractivity contribution in [3.8, 4) is 5.75 Å². The van der Waals surface area contributed by atoms with E-state index in [0.717, 1.165) is 16.9 Å². The summed E-state index contributed by atoms with van der Waals surface area (Å²) >= 11 is 5.96. The van der Waals surface area contributed by atoms with E-state index in [9.17, 15) is 4.79 Å². The molecule has 0 bridgehead atoms. The molecule has 1 heterocycles. The Morgan fingerprint density at radius 1 is 1.45 bits per heavy atom. The number of hydrogen-bond donors (Lipinski definition) is 0. The summed E-state index contributed by atoms with van der Waals surface area (Å²) in [6, 6.07) is 5.73. The molecule has 1 aromatic carbocycles. The van der Waals surface area contributed by atoms with Crippen LogP contribution >= 0.6 is 11.6 Å². The number of alkyl halides is 1. The zero-order chi connectivity index (χ0) is 14.7. The van der Waals surface area contributed by atoms with Crippen molar-refractivity contribution >= 4 is 28.5 Å². The Hall–Kier alpha value is -1.75. The Morgan fingerprint density at radius 3 is 2.80 bits per heavy atom. The minimum Gasteiger partial charge on any atom is -0.494 e. The highest BCUT2D eigenvalue weighted by molar-refractivity contribution is 6.16. The Bertz CT molecular complexity index is 622. The van der Waals surface area contributed by atoms with Crippen molar-refractivity contribution < 1.29 is 9.53 Å². The highest BCUT2D eigenvalue weighted by Crippen LogP contribution is 2.26. The van der Waals surface area contributed by atoms with E-state index < -0.39 is 0 Å². The van der Waals surface area contributed by atoms with Crippen LogP contribution in [0.2, 0.25) is 0 Å². The van der Waals surface area contributed by atoms with Crippen LogP contribution in [0.1, 0.15) is 12.2 Å². The molecule has 0 fully saturated rings. The molecular formula is C14H18ClN3O2. The molecule has 0 saturated heterocycles. The van der Waals surface area contributed by atoms with Gasteiger partial charge in [-0.15, -0.1) is 11.6 Å². The molecule has 0 unspecified atom stereocenters. The average molecular weight is 296 g/mol. The van der Waals surface area contributed by atoms with Crippen molar-refractivity contribution in [2.45, 2.75) is 18.8 Å². The lowest BCUT2D eigenvalue weighted by Crippen LogP contribution is -2.23. The number of rotatable bonds is 5. The van der Waals surface area contributed by atoms with Crippen molar-refractivity contribution in [2.24, 2.45) is 0 Å². The SMILES string of the molecule is COc1cccc2c1nc(CCl)n2CCC(=O)N(C)C. The Balaban J connectivity index is 2.38. The number of ether oxygens (including phenoxy) is 1. The second-order valence-electron chi connectivity index (χ2n) is 4.68. The first-order valence-corrected chi connectivity index (χ1v) is 6.90. The molecule has 20 heavy (non-hydrogen) atoms. The summed E-state index contributed by atoms with van der Waals surface area (Å²) in [6.07, 6.45) is 0.416. The van der Waals surface area contributed by atoms with E-state index in [1.165, 1.54) is 0 Å². The molecule has 0 aliphatic heterocycles. The first-order valence-electron chi connectivity index (χ1n) is 6.36. The van der Waals surface area contributed by atoms with Crippen LogP contribution in [-0.4, -0.2) is 41.6 Å². The van der Waals surface area contributed by atoms with E-state index in [1.807, 2.05) is 22.8 Å². The highest BCUT2D eigenvalue weighted by atomic mass is 35.5. The van der Waals surface area contributed by atoms with Crippen LogP contribution in [0, 0.1) is 0 Å². The van der Waals surface area contributed by atoms with Crippen LogP contribution in [0.5, 0.6) is 5.75 Å². The summed E-state index contributed by atoms with van der Waals surface area (Å²) < 4.78 is 7.29. The van der Waals surface area contributed by atoms with Crippen LogP contribution in [0.15, 0.2) is 18.2 Å². The minimum atomic E-state index is 0.0790. The number of carbonyl (C=O) groups is 1. The molecule has 0 saturated carbocycles. The number of para-hydroxylation sites is 1. The van der Waals surface area contributed by atoms with Crippen molar-refractivity contribution in [1.82, 2.24) is 14.5 Å². The van der Waals surface area contributed by atoms with Crippen molar-refractivity contribution in [3.05, 3.63) is 24.0 Å². The van der Waals surface area contributed by atoms with Gasteiger partial charge in [0.25, 0.3) is 0 Å². The predicted octanol–water partition coefficient (Wildman–Crippen LogP) is 2.26. The maximum Gasteiger partial charge on any atom is 0.223 e. The van der Waals surface area contributed by atoms with Crippen LogP contribution < -0.4 is 4.74 Å². The van der Waals surface area contributed by atoms with Crippen LogP contribution in [0.3, 0.4) is 0 Å². The molecule has 2 aromatic rings. The van der Waals surface area contributed by atoms with Gasteiger partial charge in [0.2, 0.25) is 5.91 Å². The second kappa shape index (κ2) is 6.13. The summed E-state index contributed by atoms with van der Waals surface area (Å²) in [4.78, 5) is 17.8. The van der Waals surface area contributed by atoms with E-state index in [2.05, 4.69) is 4.98 Å². The maximum atomic E-state index is 11.7. The van der Waals surface area contributed by atoms with E-state index in [4.69, 9.17) is 16.3 Å². The van der Waals surface area contributed by atoms with E-state index in [-0.39, 0.29) is 5.91 Å². The number of amides is 1. The monoisotopic (exact) mass is 295 g/mol. The van der Waals surface area contributed by atoms with Crippen molar-refractivity contribution in [2.75, 3.05) is 21.2 Å². The Morgan fingerprint density at radius 2 is 2.20 bits per heavy atom. The average Bonchev–Trinajstić information content (AvgIpc) is 2.82. The Kier molecular flexibility index (Phi) is 4.49. The molecule has 1 aromatic heterocycles. The molecule has 0 aliphatic carbocycles. The van der Waals surface area contributed by atoms with Crippen LogP contribution in [0.25, 0.3) is 11.0 Å². The van der Waals surface area contributed by atoms with E-state index in [1.54, 1.807) is 26.1 Å². The topological polar surface area (TPSA) is 47.4 Å². The number of halogens is 1. The Labute approximate surface area is 123 Å². The van der Waals surface area contributed by atoms with Crippen LogP contribution in [-0.2, 0) is 17.2 Å². The minimum absolute atomic E-state index is 0.0790. The molecule has 0 atom stereocenters. The molecule has 0 spiro atoms. The number of aryl methyl sites for hydroxylation is 1.